The topological polar surface area (TPSA) is 23.5 Å². The lowest BCUT2D eigenvalue weighted by Crippen LogP contribution is -2.55. The van der Waals surface area contributed by atoms with E-state index in [0.29, 0.717) is 5.92 Å². The van der Waals surface area contributed by atoms with Crippen molar-refractivity contribution in [2.45, 2.75) is 44.2 Å². The number of likely N-dealkylation sites (N-methyl/N-ethyl adjacent to an activating group) is 1. The van der Waals surface area contributed by atoms with Gasteiger partial charge in [-0.2, -0.15) is 0 Å². The van der Waals surface area contributed by atoms with Crippen molar-refractivity contribution in [1.82, 2.24) is 4.90 Å². The van der Waals surface area contributed by atoms with Gasteiger partial charge in [0.1, 0.15) is 0 Å². The molecular formula is C12H23NO. The smallest absolute Gasteiger partial charge is 0.0901 e. The van der Waals surface area contributed by atoms with E-state index in [9.17, 15) is 5.11 Å². The van der Waals surface area contributed by atoms with Crippen LogP contribution in [-0.2, 0) is 0 Å². The zero-order valence-electron chi connectivity index (χ0n) is 9.66. The van der Waals surface area contributed by atoms with Crippen LogP contribution < -0.4 is 0 Å². The quantitative estimate of drug-likeness (QED) is 0.700. The number of aliphatic hydroxyl groups is 1. The predicted octanol–water partition coefficient (Wildman–Crippen LogP) is 2.04. The van der Waals surface area contributed by atoms with Gasteiger partial charge in [0, 0.05) is 0 Å². The maximum Gasteiger partial charge on any atom is 0.0901 e. The molecule has 0 radical (unpaired) electrons. The summed E-state index contributed by atoms with van der Waals surface area (Å²) in [6.45, 7) is 5.98. The van der Waals surface area contributed by atoms with Crippen molar-refractivity contribution >= 4 is 0 Å². The third-order valence-electron chi connectivity index (χ3n) is 3.67. The number of rotatable bonds is 3. The summed E-state index contributed by atoms with van der Waals surface area (Å²) >= 11 is 0. The molecule has 0 aromatic heterocycles. The van der Waals surface area contributed by atoms with Crippen LogP contribution in [0.1, 0.15) is 32.6 Å². The first-order valence-electron chi connectivity index (χ1n) is 5.51. The van der Waals surface area contributed by atoms with Gasteiger partial charge >= 0.3 is 0 Å². The molecule has 1 N–H and O–H groups in total. The number of nitrogens with zero attached hydrogens (tertiary/aromatic N) is 1. The van der Waals surface area contributed by atoms with E-state index in [1.54, 1.807) is 6.08 Å². The summed E-state index contributed by atoms with van der Waals surface area (Å²) in [6, 6.07) is 0. The standard InChI is InChI=1S/C12H23NO/c1-5-11(14)12(13(3)4)8-6-7-10(2)9-12/h5,10-11,14H,1,6-9H2,2-4H3. The van der Waals surface area contributed by atoms with Crippen molar-refractivity contribution < 1.29 is 5.11 Å². The first kappa shape index (κ1) is 11.7. The molecule has 1 saturated carbocycles. The van der Waals surface area contributed by atoms with Crippen molar-refractivity contribution in [3.63, 3.8) is 0 Å². The summed E-state index contributed by atoms with van der Waals surface area (Å²) in [5.74, 6) is 0.709. The Bertz CT molecular complexity index is 202. The summed E-state index contributed by atoms with van der Waals surface area (Å²) in [6.07, 6.45) is 5.94. The second kappa shape index (κ2) is 4.45. The van der Waals surface area contributed by atoms with E-state index in [4.69, 9.17) is 0 Å². The SMILES string of the molecule is C=CC(O)C1(N(C)C)CCCC(C)C1. The summed E-state index contributed by atoms with van der Waals surface area (Å²) < 4.78 is 0. The Kier molecular flexibility index (Phi) is 3.73. The van der Waals surface area contributed by atoms with E-state index in [1.807, 2.05) is 0 Å². The Morgan fingerprint density at radius 1 is 1.57 bits per heavy atom. The van der Waals surface area contributed by atoms with Crippen molar-refractivity contribution in [2.24, 2.45) is 5.92 Å². The molecule has 0 amide bonds. The van der Waals surface area contributed by atoms with Gasteiger partial charge in [0.05, 0.1) is 11.6 Å². The largest absolute Gasteiger partial charge is 0.387 e. The average Bonchev–Trinajstić information content (AvgIpc) is 2.16. The first-order chi connectivity index (χ1) is 6.53. The van der Waals surface area contributed by atoms with Gasteiger partial charge in [0.15, 0.2) is 0 Å². The summed E-state index contributed by atoms with van der Waals surface area (Å²) in [7, 11) is 4.12. The molecular weight excluding hydrogens is 174 g/mol. The molecule has 0 spiro atoms. The molecule has 14 heavy (non-hydrogen) atoms. The number of aliphatic hydroxyl groups excluding tert-OH is 1. The second-order valence-electron chi connectivity index (χ2n) is 4.88. The molecule has 82 valence electrons. The number of hydrogen-bond acceptors (Lipinski definition) is 2. The lowest BCUT2D eigenvalue weighted by atomic mass is 9.72. The van der Waals surface area contributed by atoms with Gasteiger partial charge in [0.2, 0.25) is 0 Å². The zero-order chi connectivity index (χ0) is 10.8. The van der Waals surface area contributed by atoms with Crippen molar-refractivity contribution in [3.05, 3.63) is 12.7 Å². The third-order valence-corrected chi connectivity index (χ3v) is 3.67. The van der Waals surface area contributed by atoms with Crippen LogP contribution in [0.25, 0.3) is 0 Å². The van der Waals surface area contributed by atoms with Gasteiger partial charge in [-0.15, -0.1) is 6.58 Å². The van der Waals surface area contributed by atoms with Crippen LogP contribution in [0.3, 0.4) is 0 Å². The van der Waals surface area contributed by atoms with E-state index < -0.39 is 6.10 Å². The van der Waals surface area contributed by atoms with Gasteiger partial charge in [-0.25, -0.2) is 0 Å². The lowest BCUT2D eigenvalue weighted by molar-refractivity contribution is -0.0189. The minimum Gasteiger partial charge on any atom is -0.387 e. The molecule has 2 heteroatoms. The van der Waals surface area contributed by atoms with Crippen LogP contribution in [0.15, 0.2) is 12.7 Å². The third kappa shape index (κ3) is 2.01. The summed E-state index contributed by atoms with van der Waals surface area (Å²) in [5, 5.41) is 10.1. The molecule has 1 aliphatic rings. The highest BCUT2D eigenvalue weighted by Crippen LogP contribution is 2.38. The van der Waals surface area contributed by atoms with Crippen LogP contribution in [0.4, 0.5) is 0 Å². The molecule has 0 heterocycles. The Labute approximate surface area is 87.6 Å². The van der Waals surface area contributed by atoms with Crippen LogP contribution in [0.2, 0.25) is 0 Å². The van der Waals surface area contributed by atoms with E-state index in [0.717, 1.165) is 12.8 Å². The molecule has 0 aromatic rings. The van der Waals surface area contributed by atoms with E-state index >= 15 is 0 Å². The molecule has 1 rings (SSSR count). The molecule has 1 fully saturated rings. The molecule has 3 atom stereocenters. The maximum atomic E-state index is 10.1. The normalized spacial score (nSPS) is 35.6. The van der Waals surface area contributed by atoms with Crippen molar-refractivity contribution in [3.8, 4) is 0 Å². The predicted molar refractivity (Wildman–Crippen MR) is 60.3 cm³/mol. The van der Waals surface area contributed by atoms with Crippen LogP contribution in [0.5, 0.6) is 0 Å². The first-order valence-corrected chi connectivity index (χ1v) is 5.51. The second-order valence-corrected chi connectivity index (χ2v) is 4.88. The summed E-state index contributed by atoms with van der Waals surface area (Å²) in [5.41, 5.74) is -0.0700. The van der Waals surface area contributed by atoms with Gasteiger partial charge in [-0.1, -0.05) is 25.8 Å². The Hall–Kier alpha value is -0.340. The van der Waals surface area contributed by atoms with Gasteiger partial charge in [-0.3, -0.25) is 0 Å². The molecule has 1 aliphatic carbocycles. The molecule has 0 saturated heterocycles. The van der Waals surface area contributed by atoms with E-state index in [-0.39, 0.29) is 5.54 Å². The van der Waals surface area contributed by atoms with Gasteiger partial charge < -0.3 is 10.0 Å². The highest BCUT2D eigenvalue weighted by Gasteiger charge is 2.41. The Morgan fingerprint density at radius 3 is 2.64 bits per heavy atom. The monoisotopic (exact) mass is 197 g/mol. The molecule has 0 aromatic carbocycles. The maximum absolute atomic E-state index is 10.1. The fourth-order valence-electron chi connectivity index (χ4n) is 2.72. The van der Waals surface area contributed by atoms with Crippen molar-refractivity contribution in [2.75, 3.05) is 14.1 Å². The van der Waals surface area contributed by atoms with Gasteiger partial charge in [0.25, 0.3) is 0 Å². The van der Waals surface area contributed by atoms with Crippen LogP contribution in [0, 0.1) is 5.92 Å². The van der Waals surface area contributed by atoms with E-state index in [2.05, 4.69) is 32.5 Å². The Morgan fingerprint density at radius 2 is 2.21 bits per heavy atom. The lowest BCUT2D eigenvalue weighted by Gasteiger charge is -2.47. The highest BCUT2D eigenvalue weighted by atomic mass is 16.3. The van der Waals surface area contributed by atoms with Crippen molar-refractivity contribution in [1.29, 1.82) is 0 Å². The molecule has 0 bridgehead atoms. The Balaban J connectivity index is 2.85. The number of hydrogen-bond donors (Lipinski definition) is 1. The molecule has 2 nitrogen and oxygen atoms in total. The molecule has 3 unspecified atom stereocenters. The zero-order valence-corrected chi connectivity index (χ0v) is 9.66. The highest BCUT2D eigenvalue weighted by molar-refractivity contribution is 5.04. The van der Waals surface area contributed by atoms with Gasteiger partial charge in [-0.05, 0) is 32.9 Å². The van der Waals surface area contributed by atoms with Crippen LogP contribution >= 0.6 is 0 Å². The minimum atomic E-state index is -0.403. The summed E-state index contributed by atoms with van der Waals surface area (Å²) in [4.78, 5) is 2.18. The molecule has 0 aliphatic heterocycles. The fourth-order valence-corrected chi connectivity index (χ4v) is 2.72. The van der Waals surface area contributed by atoms with Crippen LogP contribution in [-0.4, -0.2) is 35.7 Å². The minimum absolute atomic E-state index is 0.0700. The average molecular weight is 197 g/mol. The van der Waals surface area contributed by atoms with E-state index in [1.165, 1.54) is 12.8 Å². The fraction of sp³-hybridized carbons (Fsp3) is 0.833.